The minimum Gasteiger partial charge on any atom is -0.467 e. The molecule has 0 heterocycles. The molecule has 1 aromatic carbocycles. The average molecular weight is 307 g/mol. The monoisotopic (exact) mass is 307 g/mol. The summed E-state index contributed by atoms with van der Waals surface area (Å²) in [5.41, 5.74) is 2.11. The first-order chi connectivity index (χ1) is 10.1. The van der Waals surface area contributed by atoms with E-state index in [9.17, 15) is 9.59 Å². The van der Waals surface area contributed by atoms with Crippen molar-refractivity contribution in [1.29, 1.82) is 0 Å². The molecule has 1 aromatic rings. The van der Waals surface area contributed by atoms with Gasteiger partial charge >= 0.3 is 5.97 Å². The maximum Gasteiger partial charge on any atom is 0.328 e. The molecule has 1 N–H and O–H groups in total. The molecule has 1 amide bonds. The van der Waals surface area contributed by atoms with Crippen molar-refractivity contribution in [1.82, 2.24) is 5.32 Å². The SMILES string of the molecule is COC(=O)[C@H](CCSC)NC(=O)/C=C/c1ccc(C)cc1. The summed E-state index contributed by atoms with van der Waals surface area (Å²) >= 11 is 1.62. The molecule has 0 aromatic heterocycles. The van der Waals surface area contributed by atoms with Crippen LogP contribution in [0.15, 0.2) is 30.3 Å². The van der Waals surface area contributed by atoms with Crippen molar-refractivity contribution in [2.75, 3.05) is 19.1 Å². The standard InChI is InChI=1S/C16H21NO3S/c1-12-4-6-13(7-5-12)8-9-15(18)17-14(10-11-21-3)16(19)20-2/h4-9,14H,10-11H2,1-3H3,(H,17,18)/b9-8+/t14-/m0/s1. The highest BCUT2D eigenvalue weighted by molar-refractivity contribution is 7.98. The Kier molecular flexibility index (Phi) is 7.61. The van der Waals surface area contributed by atoms with Crippen LogP contribution in [0, 0.1) is 6.92 Å². The van der Waals surface area contributed by atoms with Gasteiger partial charge in [-0.15, -0.1) is 0 Å². The predicted molar refractivity (Wildman–Crippen MR) is 87.2 cm³/mol. The first kappa shape index (κ1) is 17.3. The fourth-order valence-electron chi connectivity index (χ4n) is 1.70. The van der Waals surface area contributed by atoms with E-state index in [2.05, 4.69) is 5.32 Å². The maximum atomic E-state index is 11.9. The van der Waals surface area contributed by atoms with Crippen LogP contribution in [0.2, 0.25) is 0 Å². The molecule has 4 nitrogen and oxygen atoms in total. The number of carbonyl (C=O) groups is 2. The van der Waals surface area contributed by atoms with E-state index in [1.54, 1.807) is 17.8 Å². The van der Waals surface area contributed by atoms with Crippen molar-refractivity contribution in [3.05, 3.63) is 41.5 Å². The Bertz CT molecular complexity index is 497. The molecule has 0 unspecified atom stereocenters. The third kappa shape index (κ3) is 6.49. The van der Waals surface area contributed by atoms with E-state index < -0.39 is 12.0 Å². The molecular weight excluding hydrogens is 286 g/mol. The summed E-state index contributed by atoms with van der Waals surface area (Å²) in [5.74, 6) is 0.0649. The molecule has 0 spiro atoms. The van der Waals surface area contributed by atoms with Crippen LogP contribution in [-0.2, 0) is 14.3 Å². The number of carbonyl (C=O) groups excluding carboxylic acids is 2. The Morgan fingerprint density at radius 2 is 2.00 bits per heavy atom. The van der Waals surface area contributed by atoms with Gasteiger partial charge in [0, 0.05) is 6.08 Å². The van der Waals surface area contributed by atoms with Crippen LogP contribution < -0.4 is 5.32 Å². The number of benzene rings is 1. The summed E-state index contributed by atoms with van der Waals surface area (Å²) in [6, 6.07) is 7.23. The Morgan fingerprint density at radius 3 is 2.57 bits per heavy atom. The summed E-state index contributed by atoms with van der Waals surface area (Å²) in [5, 5.41) is 2.67. The van der Waals surface area contributed by atoms with E-state index in [0.29, 0.717) is 6.42 Å². The van der Waals surface area contributed by atoms with E-state index in [4.69, 9.17) is 4.74 Å². The van der Waals surface area contributed by atoms with Gasteiger partial charge in [-0.1, -0.05) is 29.8 Å². The molecule has 0 saturated heterocycles. The van der Waals surface area contributed by atoms with Crippen LogP contribution in [0.3, 0.4) is 0 Å². The molecule has 114 valence electrons. The van der Waals surface area contributed by atoms with Crippen molar-refractivity contribution in [3.63, 3.8) is 0 Å². The number of esters is 1. The molecule has 0 aliphatic carbocycles. The molecule has 1 atom stereocenters. The number of rotatable bonds is 7. The first-order valence-corrected chi connectivity index (χ1v) is 8.08. The zero-order valence-corrected chi connectivity index (χ0v) is 13.4. The topological polar surface area (TPSA) is 55.4 Å². The smallest absolute Gasteiger partial charge is 0.328 e. The highest BCUT2D eigenvalue weighted by Gasteiger charge is 2.19. The molecule has 0 fully saturated rings. The van der Waals surface area contributed by atoms with Gasteiger partial charge in [0.15, 0.2) is 0 Å². The predicted octanol–water partition coefficient (Wildman–Crippen LogP) is 2.42. The molecule has 1 rings (SSSR count). The summed E-state index contributed by atoms with van der Waals surface area (Å²) in [6.45, 7) is 2.01. The minimum absolute atomic E-state index is 0.299. The normalized spacial score (nSPS) is 12.1. The lowest BCUT2D eigenvalue weighted by Crippen LogP contribution is -2.41. The van der Waals surface area contributed by atoms with E-state index in [-0.39, 0.29) is 5.91 Å². The molecule has 5 heteroatoms. The van der Waals surface area contributed by atoms with Gasteiger partial charge in [-0.05, 0) is 37.0 Å². The zero-order valence-electron chi connectivity index (χ0n) is 12.6. The zero-order chi connectivity index (χ0) is 15.7. The Hall–Kier alpha value is -1.75. The first-order valence-electron chi connectivity index (χ1n) is 6.69. The molecule has 0 aliphatic heterocycles. The highest BCUT2D eigenvalue weighted by Crippen LogP contribution is 2.06. The van der Waals surface area contributed by atoms with E-state index in [1.165, 1.54) is 18.7 Å². The van der Waals surface area contributed by atoms with Crippen molar-refractivity contribution in [2.24, 2.45) is 0 Å². The Balaban J connectivity index is 2.60. The molecule has 21 heavy (non-hydrogen) atoms. The van der Waals surface area contributed by atoms with Gasteiger partial charge in [0.05, 0.1) is 7.11 Å². The van der Waals surface area contributed by atoms with Gasteiger partial charge in [0.1, 0.15) is 6.04 Å². The second-order valence-corrected chi connectivity index (χ2v) is 5.60. The molecule has 0 aliphatic rings. The van der Waals surface area contributed by atoms with Gasteiger partial charge in [-0.3, -0.25) is 4.79 Å². The lowest BCUT2D eigenvalue weighted by Gasteiger charge is -2.14. The van der Waals surface area contributed by atoms with E-state index in [1.807, 2.05) is 37.4 Å². The third-order valence-corrected chi connectivity index (χ3v) is 3.56. The fourth-order valence-corrected chi connectivity index (χ4v) is 2.17. The Labute approximate surface area is 130 Å². The van der Waals surface area contributed by atoms with Crippen LogP contribution in [0.5, 0.6) is 0 Å². The van der Waals surface area contributed by atoms with E-state index in [0.717, 1.165) is 11.3 Å². The summed E-state index contributed by atoms with van der Waals surface area (Å²) in [6.07, 6.45) is 5.66. The van der Waals surface area contributed by atoms with Gasteiger partial charge in [0.25, 0.3) is 0 Å². The average Bonchev–Trinajstić information content (AvgIpc) is 2.50. The number of aryl methyl sites for hydroxylation is 1. The second-order valence-electron chi connectivity index (χ2n) is 4.61. The summed E-state index contributed by atoms with van der Waals surface area (Å²) < 4.78 is 4.70. The largest absolute Gasteiger partial charge is 0.467 e. The van der Waals surface area contributed by atoms with Crippen LogP contribution in [0.25, 0.3) is 6.08 Å². The Morgan fingerprint density at radius 1 is 1.33 bits per heavy atom. The highest BCUT2D eigenvalue weighted by atomic mass is 32.2. The molecular formula is C16H21NO3S. The lowest BCUT2D eigenvalue weighted by molar-refractivity contribution is -0.144. The number of nitrogens with one attached hydrogen (secondary N) is 1. The molecule has 0 bridgehead atoms. The van der Waals surface area contributed by atoms with Gasteiger partial charge in [-0.25, -0.2) is 4.79 Å². The van der Waals surface area contributed by atoms with Gasteiger partial charge in [0.2, 0.25) is 5.91 Å². The molecule has 0 saturated carbocycles. The quantitative estimate of drug-likeness (QED) is 0.621. The lowest BCUT2D eigenvalue weighted by atomic mass is 10.1. The van der Waals surface area contributed by atoms with Crippen molar-refractivity contribution >= 4 is 29.7 Å². The second kappa shape index (κ2) is 9.23. The molecule has 0 radical (unpaired) electrons. The van der Waals surface area contributed by atoms with Crippen molar-refractivity contribution in [2.45, 2.75) is 19.4 Å². The summed E-state index contributed by atoms with van der Waals surface area (Å²) in [7, 11) is 1.32. The van der Waals surface area contributed by atoms with Crippen LogP contribution >= 0.6 is 11.8 Å². The number of amides is 1. The number of ether oxygens (including phenoxy) is 1. The minimum atomic E-state index is -0.599. The number of hydrogen-bond acceptors (Lipinski definition) is 4. The number of thioether (sulfide) groups is 1. The van der Waals surface area contributed by atoms with Crippen LogP contribution in [-0.4, -0.2) is 37.0 Å². The maximum absolute atomic E-state index is 11.9. The van der Waals surface area contributed by atoms with Gasteiger partial charge < -0.3 is 10.1 Å². The van der Waals surface area contributed by atoms with Gasteiger partial charge in [-0.2, -0.15) is 11.8 Å². The van der Waals surface area contributed by atoms with Crippen LogP contribution in [0.4, 0.5) is 0 Å². The fraction of sp³-hybridized carbons (Fsp3) is 0.375. The number of methoxy groups -OCH3 is 1. The number of hydrogen-bond donors (Lipinski definition) is 1. The van der Waals surface area contributed by atoms with Crippen molar-refractivity contribution in [3.8, 4) is 0 Å². The van der Waals surface area contributed by atoms with E-state index >= 15 is 0 Å². The van der Waals surface area contributed by atoms with Crippen molar-refractivity contribution < 1.29 is 14.3 Å². The summed E-state index contributed by atoms with van der Waals surface area (Å²) in [4.78, 5) is 23.5. The van der Waals surface area contributed by atoms with Crippen LogP contribution in [0.1, 0.15) is 17.5 Å². The third-order valence-electron chi connectivity index (χ3n) is 2.92.